The lowest BCUT2D eigenvalue weighted by Gasteiger charge is -2.19. The van der Waals surface area contributed by atoms with Crippen LogP contribution in [0.2, 0.25) is 0 Å². The Morgan fingerprint density at radius 1 is 1.47 bits per heavy atom. The van der Waals surface area contributed by atoms with Crippen LogP contribution in [-0.4, -0.2) is 18.5 Å². The smallest absolute Gasteiger partial charge is 0.172 e. The summed E-state index contributed by atoms with van der Waals surface area (Å²) in [4.78, 5) is 10.9. The van der Waals surface area contributed by atoms with E-state index < -0.39 is 5.41 Å². The van der Waals surface area contributed by atoms with Gasteiger partial charge in [-0.15, -0.1) is 0 Å². The van der Waals surface area contributed by atoms with Gasteiger partial charge in [-0.25, -0.2) is 0 Å². The van der Waals surface area contributed by atoms with Crippen LogP contribution < -0.4 is 4.74 Å². The van der Waals surface area contributed by atoms with Crippen LogP contribution in [0.25, 0.3) is 0 Å². The Kier molecular flexibility index (Phi) is 3.39. The molecule has 3 nitrogen and oxygen atoms in total. The molecule has 0 radical (unpaired) electrons. The molecule has 0 aliphatic rings. The van der Waals surface area contributed by atoms with Gasteiger partial charge in [0, 0.05) is 5.41 Å². The maximum absolute atomic E-state index is 10.9. The van der Waals surface area contributed by atoms with E-state index in [1.807, 2.05) is 0 Å². The van der Waals surface area contributed by atoms with E-state index in [-0.39, 0.29) is 5.75 Å². The van der Waals surface area contributed by atoms with Crippen molar-refractivity contribution in [1.29, 1.82) is 0 Å². The van der Waals surface area contributed by atoms with Crippen molar-refractivity contribution in [2.24, 2.45) is 0 Å². The van der Waals surface area contributed by atoms with Crippen LogP contribution >= 0.6 is 15.9 Å². The van der Waals surface area contributed by atoms with Crippen molar-refractivity contribution in [1.82, 2.24) is 0 Å². The zero-order valence-corrected chi connectivity index (χ0v) is 10.5. The summed E-state index contributed by atoms with van der Waals surface area (Å²) in [6, 6.07) is 3.38. The zero-order valence-electron chi connectivity index (χ0n) is 8.87. The number of aromatic hydroxyl groups is 1. The second kappa shape index (κ2) is 4.23. The lowest BCUT2D eigenvalue weighted by Crippen LogP contribution is -2.18. The maximum atomic E-state index is 10.9. The van der Waals surface area contributed by atoms with Crippen LogP contribution in [0, 0.1) is 0 Å². The SMILES string of the molecule is COc1cc(C(C)(C)C=O)cc(Br)c1O. The number of halogens is 1. The van der Waals surface area contributed by atoms with Gasteiger partial charge in [0.1, 0.15) is 6.29 Å². The van der Waals surface area contributed by atoms with E-state index in [9.17, 15) is 9.90 Å². The average Bonchev–Trinajstić information content (AvgIpc) is 2.21. The minimum absolute atomic E-state index is 0.0444. The van der Waals surface area contributed by atoms with Crippen molar-refractivity contribution in [3.8, 4) is 11.5 Å². The molecule has 0 saturated carbocycles. The molecule has 0 atom stereocenters. The summed E-state index contributed by atoms with van der Waals surface area (Å²) >= 11 is 3.21. The quantitative estimate of drug-likeness (QED) is 0.861. The van der Waals surface area contributed by atoms with E-state index in [0.29, 0.717) is 10.2 Å². The van der Waals surface area contributed by atoms with Gasteiger partial charge in [-0.2, -0.15) is 0 Å². The van der Waals surface area contributed by atoms with Crippen molar-refractivity contribution < 1.29 is 14.6 Å². The Morgan fingerprint density at radius 2 is 2.07 bits per heavy atom. The molecule has 0 spiro atoms. The molecule has 1 rings (SSSR count). The molecule has 1 aromatic rings. The normalized spacial score (nSPS) is 11.2. The molecular formula is C11H13BrO3. The second-order valence-corrected chi connectivity index (χ2v) is 4.70. The third-order valence-electron chi connectivity index (χ3n) is 2.29. The molecule has 0 unspecified atom stereocenters. The van der Waals surface area contributed by atoms with Gasteiger partial charge in [0.25, 0.3) is 0 Å². The van der Waals surface area contributed by atoms with Gasteiger partial charge in [0.15, 0.2) is 11.5 Å². The summed E-state index contributed by atoms with van der Waals surface area (Å²) in [7, 11) is 1.47. The monoisotopic (exact) mass is 272 g/mol. The highest BCUT2D eigenvalue weighted by atomic mass is 79.9. The van der Waals surface area contributed by atoms with Crippen molar-refractivity contribution in [2.45, 2.75) is 19.3 Å². The Bertz CT molecular complexity index is 386. The standard InChI is InChI=1S/C11H13BrO3/c1-11(2,6-13)7-4-8(12)10(14)9(5-7)15-3/h4-6,14H,1-3H3. The lowest BCUT2D eigenvalue weighted by molar-refractivity contribution is -0.111. The van der Waals surface area contributed by atoms with Crippen molar-refractivity contribution in [3.63, 3.8) is 0 Å². The first kappa shape index (κ1) is 12.0. The van der Waals surface area contributed by atoms with E-state index in [0.717, 1.165) is 11.8 Å². The molecule has 82 valence electrons. The number of hydrogen-bond acceptors (Lipinski definition) is 3. The molecular weight excluding hydrogens is 260 g/mol. The van der Waals surface area contributed by atoms with Crippen molar-refractivity contribution in [3.05, 3.63) is 22.2 Å². The van der Waals surface area contributed by atoms with E-state index in [2.05, 4.69) is 15.9 Å². The summed E-state index contributed by atoms with van der Waals surface area (Å²) in [6.45, 7) is 3.61. The molecule has 0 aliphatic carbocycles. The fourth-order valence-corrected chi connectivity index (χ4v) is 1.61. The van der Waals surface area contributed by atoms with E-state index >= 15 is 0 Å². The van der Waals surface area contributed by atoms with E-state index in [4.69, 9.17) is 4.74 Å². The number of methoxy groups -OCH3 is 1. The topological polar surface area (TPSA) is 46.5 Å². The van der Waals surface area contributed by atoms with Crippen molar-refractivity contribution >= 4 is 22.2 Å². The summed E-state index contributed by atoms with van der Waals surface area (Å²) in [5.74, 6) is 0.400. The number of carbonyl (C=O) groups is 1. The molecule has 15 heavy (non-hydrogen) atoms. The van der Waals surface area contributed by atoms with Crippen LogP contribution in [-0.2, 0) is 10.2 Å². The van der Waals surface area contributed by atoms with E-state index in [1.54, 1.807) is 26.0 Å². The van der Waals surface area contributed by atoms with Crippen LogP contribution in [0.1, 0.15) is 19.4 Å². The molecule has 0 bridgehead atoms. The van der Waals surface area contributed by atoms with Gasteiger partial charge in [0.05, 0.1) is 11.6 Å². The molecule has 1 N–H and O–H groups in total. The number of carbonyl (C=O) groups excluding carboxylic acids is 1. The second-order valence-electron chi connectivity index (χ2n) is 3.85. The third kappa shape index (κ3) is 2.31. The number of phenols is 1. The number of phenolic OH excluding ortho intramolecular Hbond substituents is 1. The molecule has 0 fully saturated rings. The molecule has 0 aliphatic heterocycles. The number of benzene rings is 1. The fourth-order valence-electron chi connectivity index (χ4n) is 1.17. The highest BCUT2D eigenvalue weighted by Crippen LogP contribution is 2.38. The largest absolute Gasteiger partial charge is 0.503 e. The summed E-state index contributed by atoms with van der Waals surface area (Å²) < 4.78 is 5.53. The first-order valence-corrected chi connectivity index (χ1v) is 5.25. The van der Waals surface area contributed by atoms with Crippen LogP contribution in [0.15, 0.2) is 16.6 Å². The minimum atomic E-state index is -0.594. The highest BCUT2D eigenvalue weighted by Gasteiger charge is 2.22. The predicted molar refractivity (Wildman–Crippen MR) is 61.4 cm³/mol. The number of aldehydes is 1. The van der Waals surface area contributed by atoms with Gasteiger partial charge in [-0.05, 0) is 47.5 Å². The Labute approximate surface area is 97.2 Å². The van der Waals surface area contributed by atoms with Gasteiger partial charge in [-0.3, -0.25) is 0 Å². The summed E-state index contributed by atoms with van der Waals surface area (Å²) in [5.41, 5.74) is 0.197. The minimum Gasteiger partial charge on any atom is -0.503 e. The van der Waals surface area contributed by atoms with Crippen LogP contribution in [0.4, 0.5) is 0 Å². The lowest BCUT2D eigenvalue weighted by atomic mass is 9.86. The number of rotatable bonds is 3. The molecule has 0 saturated heterocycles. The van der Waals surface area contributed by atoms with Gasteiger partial charge >= 0.3 is 0 Å². The molecule has 1 aromatic carbocycles. The van der Waals surface area contributed by atoms with Gasteiger partial charge in [0.2, 0.25) is 0 Å². The van der Waals surface area contributed by atoms with Gasteiger partial charge in [-0.1, -0.05) is 0 Å². The zero-order chi connectivity index (χ0) is 11.6. The molecule has 0 aromatic heterocycles. The first-order chi connectivity index (χ1) is 6.92. The Morgan fingerprint density at radius 3 is 2.53 bits per heavy atom. The summed E-state index contributed by atoms with van der Waals surface area (Å²) in [6.07, 6.45) is 0.866. The first-order valence-electron chi connectivity index (χ1n) is 4.45. The predicted octanol–water partition coefficient (Wildman–Crippen LogP) is 2.64. The van der Waals surface area contributed by atoms with Crippen molar-refractivity contribution in [2.75, 3.05) is 7.11 Å². The van der Waals surface area contributed by atoms with E-state index in [1.165, 1.54) is 7.11 Å². The molecule has 4 heteroatoms. The average molecular weight is 273 g/mol. The number of ether oxygens (including phenoxy) is 1. The van der Waals surface area contributed by atoms with Crippen LogP contribution in [0.3, 0.4) is 0 Å². The third-order valence-corrected chi connectivity index (χ3v) is 2.89. The maximum Gasteiger partial charge on any atom is 0.172 e. The van der Waals surface area contributed by atoms with Crippen LogP contribution in [0.5, 0.6) is 11.5 Å². The Hall–Kier alpha value is -1.03. The van der Waals surface area contributed by atoms with Gasteiger partial charge < -0.3 is 14.6 Å². The summed E-state index contributed by atoms with van der Waals surface area (Å²) in [5, 5.41) is 9.60. The molecule has 0 amide bonds. The fraction of sp³-hybridized carbons (Fsp3) is 0.364. The molecule has 0 heterocycles. The Balaban J connectivity index is 3.34. The highest BCUT2D eigenvalue weighted by molar-refractivity contribution is 9.10. The number of hydrogen-bond donors (Lipinski definition) is 1.